The highest BCUT2D eigenvalue weighted by atomic mass is 32.1. The monoisotopic (exact) mass is 306 g/mol. The first kappa shape index (κ1) is 13.8. The molecule has 3 rings (SSSR count). The third kappa shape index (κ3) is 2.65. The van der Waals surface area contributed by atoms with Gasteiger partial charge < -0.3 is 5.32 Å². The van der Waals surface area contributed by atoms with Gasteiger partial charge in [0.15, 0.2) is 0 Å². The van der Waals surface area contributed by atoms with Crippen molar-refractivity contribution in [3.05, 3.63) is 37.5 Å². The molecule has 1 aliphatic rings. The smallest absolute Gasteiger partial charge is 0.261 e. The van der Waals surface area contributed by atoms with Crippen LogP contribution in [0.2, 0.25) is 0 Å². The van der Waals surface area contributed by atoms with Crippen LogP contribution in [0.15, 0.2) is 11.4 Å². The first-order valence-electron chi connectivity index (χ1n) is 6.93. The Morgan fingerprint density at radius 1 is 1.50 bits per heavy atom. The van der Waals surface area contributed by atoms with Gasteiger partial charge >= 0.3 is 0 Å². The van der Waals surface area contributed by atoms with Gasteiger partial charge in [0, 0.05) is 17.3 Å². The third-order valence-corrected chi connectivity index (χ3v) is 5.82. The molecule has 1 N–H and O–H groups in total. The lowest BCUT2D eigenvalue weighted by Crippen LogP contribution is -2.29. The van der Waals surface area contributed by atoms with Gasteiger partial charge in [0.1, 0.15) is 0 Å². The van der Waals surface area contributed by atoms with E-state index in [1.54, 1.807) is 11.3 Å². The Labute approximate surface area is 127 Å². The lowest BCUT2D eigenvalue weighted by atomic mass is 9.91. The van der Waals surface area contributed by atoms with Gasteiger partial charge in [-0.2, -0.15) is 0 Å². The molecule has 0 saturated heterocycles. The number of hydrogen-bond acceptors (Lipinski definition) is 4. The number of nitrogens with one attached hydrogen (secondary N) is 1. The minimum Gasteiger partial charge on any atom is -0.351 e. The summed E-state index contributed by atoms with van der Waals surface area (Å²) in [6.45, 7) is 4.74. The van der Waals surface area contributed by atoms with Crippen LogP contribution in [0.25, 0.3) is 0 Å². The SMILES string of the molecule is Cc1nc2c(s1)CCC[C@H]2CNC(=O)c1sccc1C. The number of nitrogens with zero attached hydrogens (tertiary/aromatic N) is 1. The molecule has 106 valence electrons. The minimum atomic E-state index is 0.0524. The van der Waals surface area contributed by atoms with E-state index in [0.29, 0.717) is 12.5 Å². The van der Waals surface area contributed by atoms with Crippen molar-refractivity contribution in [3.63, 3.8) is 0 Å². The van der Waals surface area contributed by atoms with Gasteiger partial charge in [-0.25, -0.2) is 4.98 Å². The van der Waals surface area contributed by atoms with E-state index in [0.717, 1.165) is 28.3 Å². The van der Waals surface area contributed by atoms with Crippen LogP contribution in [0.1, 0.15) is 49.6 Å². The molecule has 1 aliphatic carbocycles. The summed E-state index contributed by atoms with van der Waals surface area (Å²) in [5, 5.41) is 6.19. The van der Waals surface area contributed by atoms with Crippen LogP contribution in [0, 0.1) is 13.8 Å². The van der Waals surface area contributed by atoms with Crippen molar-refractivity contribution in [1.82, 2.24) is 10.3 Å². The maximum Gasteiger partial charge on any atom is 0.261 e. The molecule has 0 saturated carbocycles. The number of carbonyl (C=O) groups excluding carboxylic acids is 1. The molecule has 0 spiro atoms. The van der Waals surface area contributed by atoms with Crippen molar-refractivity contribution in [2.45, 2.75) is 39.0 Å². The number of thiophene rings is 1. The third-order valence-electron chi connectivity index (χ3n) is 3.75. The molecule has 2 heterocycles. The molecule has 0 aliphatic heterocycles. The molecule has 0 unspecified atom stereocenters. The van der Waals surface area contributed by atoms with Crippen molar-refractivity contribution in [2.24, 2.45) is 0 Å². The van der Waals surface area contributed by atoms with Gasteiger partial charge in [-0.3, -0.25) is 4.79 Å². The van der Waals surface area contributed by atoms with E-state index in [9.17, 15) is 4.79 Å². The van der Waals surface area contributed by atoms with Gasteiger partial charge in [0.05, 0.1) is 15.6 Å². The fourth-order valence-electron chi connectivity index (χ4n) is 2.73. The molecule has 0 fully saturated rings. The second-order valence-corrected chi connectivity index (χ2v) is 7.48. The maximum absolute atomic E-state index is 12.2. The molecule has 2 aromatic rings. The number of aryl methyl sites for hydroxylation is 3. The minimum absolute atomic E-state index is 0.0524. The number of aromatic nitrogens is 1. The number of hydrogen-bond donors (Lipinski definition) is 1. The Hall–Kier alpha value is -1.20. The standard InChI is InChI=1S/C15H18N2OS2/c1-9-6-7-19-14(9)15(18)16-8-11-4-3-5-12-13(11)17-10(2)20-12/h6-7,11H,3-5,8H2,1-2H3,(H,16,18)/t11-/m0/s1. The number of thiazole rings is 1. The molecule has 0 radical (unpaired) electrons. The molecule has 3 nitrogen and oxygen atoms in total. The second-order valence-electron chi connectivity index (χ2n) is 5.27. The first-order valence-corrected chi connectivity index (χ1v) is 8.63. The fraction of sp³-hybridized carbons (Fsp3) is 0.467. The van der Waals surface area contributed by atoms with E-state index in [1.807, 2.05) is 18.4 Å². The van der Waals surface area contributed by atoms with E-state index in [-0.39, 0.29) is 5.91 Å². The van der Waals surface area contributed by atoms with Gasteiger partial charge in [-0.15, -0.1) is 22.7 Å². The van der Waals surface area contributed by atoms with Crippen LogP contribution in [-0.2, 0) is 6.42 Å². The molecule has 1 amide bonds. The number of rotatable bonds is 3. The lowest BCUT2D eigenvalue weighted by Gasteiger charge is -2.21. The molecule has 20 heavy (non-hydrogen) atoms. The van der Waals surface area contributed by atoms with Gasteiger partial charge in [-0.1, -0.05) is 0 Å². The van der Waals surface area contributed by atoms with E-state index < -0.39 is 0 Å². The van der Waals surface area contributed by atoms with Crippen molar-refractivity contribution >= 4 is 28.6 Å². The summed E-state index contributed by atoms with van der Waals surface area (Å²) in [5.74, 6) is 0.435. The van der Waals surface area contributed by atoms with Crippen molar-refractivity contribution in [1.29, 1.82) is 0 Å². The summed E-state index contributed by atoms with van der Waals surface area (Å²) in [6.07, 6.45) is 3.47. The first-order chi connectivity index (χ1) is 9.65. The van der Waals surface area contributed by atoms with Gasteiger partial charge in [0.2, 0.25) is 0 Å². The number of amides is 1. The quantitative estimate of drug-likeness (QED) is 0.940. The highest BCUT2D eigenvalue weighted by molar-refractivity contribution is 7.12. The van der Waals surface area contributed by atoms with Crippen molar-refractivity contribution in [2.75, 3.05) is 6.54 Å². The van der Waals surface area contributed by atoms with E-state index >= 15 is 0 Å². The fourth-order valence-corrected chi connectivity index (χ4v) is 4.63. The molecule has 5 heteroatoms. The topological polar surface area (TPSA) is 42.0 Å². The van der Waals surface area contributed by atoms with Gasteiger partial charge in [0.25, 0.3) is 5.91 Å². The molecule has 2 aromatic heterocycles. The summed E-state index contributed by atoms with van der Waals surface area (Å²) in [6, 6.07) is 1.99. The van der Waals surface area contributed by atoms with Crippen LogP contribution in [0.3, 0.4) is 0 Å². The summed E-state index contributed by atoms with van der Waals surface area (Å²) in [7, 11) is 0. The van der Waals surface area contributed by atoms with Crippen molar-refractivity contribution < 1.29 is 4.79 Å². The van der Waals surface area contributed by atoms with E-state index in [4.69, 9.17) is 0 Å². The van der Waals surface area contributed by atoms with Crippen LogP contribution < -0.4 is 5.32 Å². The number of fused-ring (bicyclic) bond motifs is 1. The molecule has 0 bridgehead atoms. The van der Waals surface area contributed by atoms with Crippen LogP contribution >= 0.6 is 22.7 Å². The Morgan fingerprint density at radius 3 is 3.10 bits per heavy atom. The zero-order valence-corrected chi connectivity index (χ0v) is 13.4. The van der Waals surface area contributed by atoms with E-state index in [2.05, 4.69) is 17.2 Å². The summed E-state index contributed by atoms with van der Waals surface area (Å²) >= 11 is 3.32. The van der Waals surface area contributed by atoms with Crippen LogP contribution in [0.5, 0.6) is 0 Å². The normalized spacial score (nSPS) is 17.8. The van der Waals surface area contributed by atoms with Crippen LogP contribution in [-0.4, -0.2) is 17.4 Å². The zero-order chi connectivity index (χ0) is 14.1. The summed E-state index contributed by atoms with van der Waals surface area (Å²) in [5.41, 5.74) is 2.28. The summed E-state index contributed by atoms with van der Waals surface area (Å²) in [4.78, 5) is 19.1. The number of carbonyl (C=O) groups is 1. The zero-order valence-electron chi connectivity index (χ0n) is 11.7. The van der Waals surface area contributed by atoms with E-state index in [1.165, 1.54) is 28.3 Å². The predicted octanol–water partition coefficient (Wildman–Crippen LogP) is 3.67. The average molecular weight is 306 g/mol. The molecule has 0 aromatic carbocycles. The lowest BCUT2D eigenvalue weighted by molar-refractivity contribution is 0.0953. The Kier molecular flexibility index (Phi) is 3.89. The highest BCUT2D eigenvalue weighted by Gasteiger charge is 2.24. The predicted molar refractivity (Wildman–Crippen MR) is 83.9 cm³/mol. The average Bonchev–Trinajstić information content (AvgIpc) is 3.00. The largest absolute Gasteiger partial charge is 0.351 e. The summed E-state index contributed by atoms with van der Waals surface area (Å²) < 4.78 is 0. The molecule has 1 atom stereocenters. The van der Waals surface area contributed by atoms with Crippen LogP contribution in [0.4, 0.5) is 0 Å². The Bertz CT molecular complexity index is 630. The van der Waals surface area contributed by atoms with Crippen molar-refractivity contribution in [3.8, 4) is 0 Å². The Balaban J connectivity index is 1.68. The maximum atomic E-state index is 12.2. The van der Waals surface area contributed by atoms with Gasteiger partial charge in [-0.05, 0) is 50.1 Å². The highest BCUT2D eigenvalue weighted by Crippen LogP contribution is 2.34. The second kappa shape index (κ2) is 5.66. The molecular weight excluding hydrogens is 288 g/mol. The Morgan fingerprint density at radius 2 is 2.35 bits per heavy atom. The molecular formula is C15H18N2OS2.